The Morgan fingerprint density at radius 1 is 1.88 bits per heavy atom. The van der Waals surface area contributed by atoms with E-state index in [0.29, 0.717) is 0 Å². The van der Waals surface area contributed by atoms with Crippen molar-refractivity contribution in [1.82, 2.24) is 0 Å². The molecule has 0 atom stereocenters. The van der Waals surface area contributed by atoms with E-state index in [1.165, 1.54) is 11.8 Å². The van der Waals surface area contributed by atoms with E-state index in [4.69, 9.17) is 5.53 Å². The van der Waals surface area contributed by atoms with Crippen molar-refractivity contribution in [3.05, 3.63) is 10.4 Å². The minimum atomic E-state index is 0.925. The molecule has 0 heterocycles. The third-order valence-corrected chi connectivity index (χ3v) is 0.881. The fourth-order valence-electron chi connectivity index (χ4n) is 0.147. The summed E-state index contributed by atoms with van der Waals surface area (Å²) in [5.74, 6) is 0.925. The second kappa shape index (κ2) is 6.22. The van der Waals surface area contributed by atoms with E-state index in [2.05, 4.69) is 21.3 Å². The summed E-state index contributed by atoms with van der Waals surface area (Å²) in [5, 5.41) is 5.59. The molecule has 0 bridgehead atoms. The first-order valence-corrected chi connectivity index (χ1v) is 3.06. The summed E-state index contributed by atoms with van der Waals surface area (Å²) in [6.45, 7) is 1.98. The molecule has 0 saturated carbocycles. The number of azide groups is 1. The molecule has 42 valence electrons. The highest BCUT2D eigenvalue weighted by Gasteiger charge is 1.65. The van der Waals surface area contributed by atoms with Gasteiger partial charge in [0.2, 0.25) is 0 Å². The molecule has 0 amide bonds. The van der Waals surface area contributed by atoms with Crippen LogP contribution in [-0.4, -0.2) is 5.75 Å². The molecular formula is C4H5N3S. The fourth-order valence-corrected chi connectivity index (χ4v) is 0.397. The van der Waals surface area contributed by atoms with Gasteiger partial charge in [-0.05, 0) is 15.9 Å². The summed E-state index contributed by atoms with van der Waals surface area (Å²) in [6, 6.07) is 2.26. The lowest BCUT2D eigenvalue weighted by atomic mass is 11.0. The van der Waals surface area contributed by atoms with Crippen molar-refractivity contribution in [3.63, 3.8) is 0 Å². The summed E-state index contributed by atoms with van der Waals surface area (Å²) >= 11 is 1.42. The summed E-state index contributed by atoms with van der Waals surface area (Å²) in [7, 11) is 0. The highest BCUT2D eigenvalue weighted by atomic mass is 32.2. The van der Waals surface area contributed by atoms with E-state index in [1.54, 1.807) is 0 Å². The van der Waals surface area contributed by atoms with Crippen LogP contribution < -0.4 is 0 Å². The number of hydrogen-bond acceptors (Lipinski definition) is 2. The van der Waals surface area contributed by atoms with Crippen LogP contribution in [0.1, 0.15) is 6.92 Å². The second-order valence-electron chi connectivity index (χ2n) is 0.836. The molecule has 0 aromatic heterocycles. The van der Waals surface area contributed by atoms with Crippen molar-refractivity contribution in [3.8, 4) is 11.3 Å². The fraction of sp³-hybridized carbons (Fsp3) is 0.500. The lowest BCUT2D eigenvalue weighted by molar-refractivity contribution is 1.54. The van der Waals surface area contributed by atoms with Crippen LogP contribution in [0.3, 0.4) is 0 Å². The number of nitrogens with zero attached hydrogens (tertiary/aromatic N) is 3. The Bertz CT molecular complexity index is 148. The molecule has 0 aliphatic carbocycles. The molecule has 0 fully saturated rings. The Morgan fingerprint density at radius 2 is 2.62 bits per heavy atom. The van der Waals surface area contributed by atoms with E-state index in [1.807, 2.05) is 6.92 Å². The zero-order valence-electron chi connectivity index (χ0n) is 4.46. The van der Waals surface area contributed by atoms with E-state index in [9.17, 15) is 0 Å². The molecule has 0 N–H and O–H groups in total. The Balaban J connectivity index is 3.35. The van der Waals surface area contributed by atoms with Crippen LogP contribution in [-0.2, 0) is 0 Å². The van der Waals surface area contributed by atoms with Crippen molar-refractivity contribution >= 4 is 11.8 Å². The third kappa shape index (κ3) is 5.22. The lowest BCUT2D eigenvalue weighted by Gasteiger charge is -1.71. The Labute approximate surface area is 52.1 Å². The zero-order chi connectivity index (χ0) is 6.24. The van der Waals surface area contributed by atoms with E-state index in [-0.39, 0.29) is 0 Å². The largest absolute Gasteiger partial charge is 0.0751 e. The first-order valence-electron chi connectivity index (χ1n) is 2.07. The number of rotatable bonds is 1. The molecule has 4 heteroatoms. The average molecular weight is 127 g/mol. The van der Waals surface area contributed by atoms with Gasteiger partial charge >= 0.3 is 0 Å². The molecule has 0 saturated heterocycles. The lowest BCUT2D eigenvalue weighted by Crippen LogP contribution is -1.55. The molecule has 0 rings (SSSR count). The van der Waals surface area contributed by atoms with Crippen molar-refractivity contribution < 1.29 is 0 Å². The molecule has 0 aliphatic rings. The Morgan fingerprint density at radius 3 is 3.12 bits per heavy atom. The minimum Gasteiger partial charge on any atom is -0.0751 e. The summed E-state index contributed by atoms with van der Waals surface area (Å²) in [6.07, 6.45) is 0. The normalized spacial score (nSPS) is 6.12. The number of thioether (sulfide) groups is 1. The van der Waals surface area contributed by atoms with Crippen LogP contribution in [0.25, 0.3) is 10.4 Å². The van der Waals surface area contributed by atoms with Crippen molar-refractivity contribution in [2.45, 2.75) is 6.92 Å². The maximum atomic E-state index is 7.71. The molecule has 0 radical (unpaired) electrons. The third-order valence-electron chi connectivity index (χ3n) is 0.357. The molecule has 0 unspecified atom stereocenters. The van der Waals surface area contributed by atoms with Gasteiger partial charge < -0.3 is 0 Å². The van der Waals surface area contributed by atoms with Crippen molar-refractivity contribution in [1.29, 1.82) is 0 Å². The molecular weight excluding hydrogens is 122 g/mol. The average Bonchev–Trinajstić information content (AvgIpc) is 1.81. The standard InChI is InChI=1S/C4H5N3S/c1-2-8-4-3-6-7-5/h2H2,1H3. The van der Waals surface area contributed by atoms with Crippen LogP contribution >= 0.6 is 11.8 Å². The van der Waals surface area contributed by atoms with Crippen LogP contribution in [0.2, 0.25) is 0 Å². The molecule has 0 aromatic rings. The van der Waals surface area contributed by atoms with Crippen LogP contribution in [0.15, 0.2) is 5.11 Å². The maximum absolute atomic E-state index is 7.71. The molecule has 0 aliphatic heterocycles. The van der Waals surface area contributed by atoms with E-state index < -0.39 is 0 Å². The molecule has 0 aromatic carbocycles. The van der Waals surface area contributed by atoms with Crippen LogP contribution in [0.4, 0.5) is 0 Å². The first kappa shape index (κ1) is 7.22. The monoisotopic (exact) mass is 127 g/mol. The second-order valence-corrected chi connectivity index (χ2v) is 1.91. The van der Waals surface area contributed by atoms with Crippen molar-refractivity contribution in [2.24, 2.45) is 5.11 Å². The Hall–Kier alpha value is -0.780. The van der Waals surface area contributed by atoms with E-state index in [0.717, 1.165) is 5.75 Å². The zero-order valence-corrected chi connectivity index (χ0v) is 5.27. The van der Waals surface area contributed by atoms with Gasteiger partial charge in [0.25, 0.3) is 0 Å². The predicted octanol–water partition coefficient (Wildman–Crippen LogP) is 1.97. The van der Waals surface area contributed by atoms with Gasteiger partial charge in [0.1, 0.15) is 0 Å². The van der Waals surface area contributed by atoms with Crippen LogP contribution in [0.5, 0.6) is 0 Å². The first-order chi connectivity index (χ1) is 3.91. The summed E-state index contributed by atoms with van der Waals surface area (Å²) in [4.78, 5) is 2.45. The minimum absolute atomic E-state index is 0.925. The van der Waals surface area contributed by atoms with Gasteiger partial charge in [0.05, 0.1) is 0 Å². The van der Waals surface area contributed by atoms with Gasteiger partial charge in [-0.15, -0.1) is 0 Å². The highest BCUT2D eigenvalue weighted by Crippen LogP contribution is 1.91. The maximum Gasteiger partial charge on any atom is 0.0127 e. The van der Waals surface area contributed by atoms with Gasteiger partial charge in [0, 0.05) is 16.7 Å². The Kier molecular flexibility index (Phi) is 5.61. The van der Waals surface area contributed by atoms with Gasteiger partial charge in [-0.25, -0.2) is 0 Å². The topological polar surface area (TPSA) is 48.8 Å². The number of hydrogen-bond donors (Lipinski definition) is 0. The van der Waals surface area contributed by atoms with Crippen LogP contribution in [0, 0.1) is 11.3 Å². The molecule has 0 spiro atoms. The SMILES string of the molecule is CCSC#CN=[N+]=[N-]. The predicted molar refractivity (Wildman–Crippen MR) is 35.1 cm³/mol. The molecule has 8 heavy (non-hydrogen) atoms. The summed E-state index contributed by atoms with van der Waals surface area (Å²) in [5.41, 5.74) is 7.71. The highest BCUT2D eigenvalue weighted by molar-refractivity contribution is 8.03. The van der Waals surface area contributed by atoms with E-state index >= 15 is 0 Å². The van der Waals surface area contributed by atoms with Gasteiger partial charge in [-0.2, -0.15) is 0 Å². The van der Waals surface area contributed by atoms with Crippen molar-refractivity contribution in [2.75, 3.05) is 5.75 Å². The summed E-state index contributed by atoms with van der Waals surface area (Å²) < 4.78 is 0. The van der Waals surface area contributed by atoms with Gasteiger partial charge in [-0.3, -0.25) is 0 Å². The van der Waals surface area contributed by atoms with Gasteiger partial charge in [-0.1, -0.05) is 18.7 Å². The molecule has 3 nitrogen and oxygen atoms in total. The smallest absolute Gasteiger partial charge is 0.0127 e. The quantitative estimate of drug-likeness (QED) is 0.230. The van der Waals surface area contributed by atoms with Gasteiger partial charge in [0.15, 0.2) is 0 Å².